The summed E-state index contributed by atoms with van der Waals surface area (Å²) in [7, 11) is 0. The van der Waals surface area contributed by atoms with Crippen LogP contribution in [-0.4, -0.2) is 42.8 Å². The van der Waals surface area contributed by atoms with E-state index in [-0.39, 0.29) is 17.8 Å². The first kappa shape index (κ1) is 17.3. The van der Waals surface area contributed by atoms with E-state index in [2.05, 4.69) is 10.6 Å². The van der Waals surface area contributed by atoms with Crippen molar-refractivity contribution >= 4 is 18.0 Å². The predicted octanol–water partition coefficient (Wildman–Crippen LogP) is 1.28. The molecule has 0 bridgehead atoms. The van der Waals surface area contributed by atoms with Crippen molar-refractivity contribution in [2.24, 2.45) is 5.92 Å². The van der Waals surface area contributed by atoms with Gasteiger partial charge in [-0.15, -0.1) is 0 Å². The molecule has 2 fully saturated rings. The summed E-state index contributed by atoms with van der Waals surface area (Å²) in [6.45, 7) is 6.32. The van der Waals surface area contributed by atoms with E-state index in [1.807, 2.05) is 0 Å². The highest BCUT2D eigenvalue weighted by Crippen LogP contribution is 2.20. The van der Waals surface area contributed by atoms with Gasteiger partial charge in [-0.3, -0.25) is 4.79 Å². The lowest BCUT2D eigenvalue weighted by Gasteiger charge is -2.23. The zero-order valence-electron chi connectivity index (χ0n) is 13.8. The highest BCUT2D eigenvalue weighted by molar-refractivity contribution is 5.90. The molecule has 0 saturated carbocycles. The second kappa shape index (κ2) is 7.02. The summed E-state index contributed by atoms with van der Waals surface area (Å²) in [4.78, 5) is 35.4. The number of hydrogen-bond acceptors (Lipinski definition) is 5. The molecule has 2 aliphatic heterocycles. The van der Waals surface area contributed by atoms with E-state index in [1.54, 1.807) is 26.8 Å². The third-order valence-corrected chi connectivity index (χ3v) is 3.67. The van der Waals surface area contributed by atoms with Crippen LogP contribution in [0.3, 0.4) is 0 Å². The molecule has 2 unspecified atom stereocenters. The molecule has 0 aromatic rings. The number of carbonyl (C=O) groups is 3. The van der Waals surface area contributed by atoms with Crippen molar-refractivity contribution < 1.29 is 23.9 Å². The molecule has 128 valence electrons. The van der Waals surface area contributed by atoms with Crippen LogP contribution in [0.1, 0.15) is 40.0 Å². The Morgan fingerprint density at radius 3 is 2.74 bits per heavy atom. The molecule has 0 aromatic heterocycles. The fraction of sp³-hybridized carbons (Fsp3) is 0.688. The largest absolute Gasteiger partial charge is 0.462 e. The number of alkyl carbamates (subject to hydrolysis) is 1. The number of amides is 2. The molecule has 2 amide bonds. The lowest BCUT2D eigenvalue weighted by atomic mass is 9.96. The number of nitrogens with one attached hydrogen (secondary N) is 2. The summed E-state index contributed by atoms with van der Waals surface area (Å²) in [6, 6.07) is -0.445. The van der Waals surface area contributed by atoms with Crippen LogP contribution in [0.4, 0.5) is 4.79 Å². The molecule has 2 heterocycles. The zero-order valence-corrected chi connectivity index (χ0v) is 13.8. The van der Waals surface area contributed by atoms with Gasteiger partial charge in [0.25, 0.3) is 0 Å². The van der Waals surface area contributed by atoms with Crippen molar-refractivity contribution in [3.63, 3.8) is 0 Å². The van der Waals surface area contributed by atoms with Gasteiger partial charge in [0.1, 0.15) is 5.60 Å². The Labute approximate surface area is 135 Å². The van der Waals surface area contributed by atoms with Crippen molar-refractivity contribution in [3.05, 3.63) is 11.6 Å². The van der Waals surface area contributed by atoms with Gasteiger partial charge in [-0.1, -0.05) is 6.08 Å². The van der Waals surface area contributed by atoms with E-state index in [4.69, 9.17) is 9.47 Å². The third kappa shape index (κ3) is 5.26. The van der Waals surface area contributed by atoms with Gasteiger partial charge >= 0.3 is 12.1 Å². The maximum atomic E-state index is 12.0. The van der Waals surface area contributed by atoms with Gasteiger partial charge in [0.2, 0.25) is 5.91 Å². The Morgan fingerprint density at radius 1 is 1.48 bits per heavy atom. The topological polar surface area (TPSA) is 93.7 Å². The van der Waals surface area contributed by atoms with Gasteiger partial charge in [-0.05, 0) is 33.6 Å². The molecule has 0 aliphatic carbocycles. The molecular formula is C16H24N2O5. The summed E-state index contributed by atoms with van der Waals surface area (Å²) in [5.41, 5.74) is -0.0804. The second-order valence-corrected chi connectivity index (χ2v) is 6.84. The van der Waals surface area contributed by atoms with Crippen LogP contribution in [0, 0.1) is 5.92 Å². The number of carbonyl (C=O) groups excluding carboxylic acids is 3. The minimum absolute atomic E-state index is 0.0200. The van der Waals surface area contributed by atoms with Gasteiger partial charge in [0.15, 0.2) is 0 Å². The molecule has 7 heteroatoms. The first-order chi connectivity index (χ1) is 10.7. The quantitative estimate of drug-likeness (QED) is 0.600. The van der Waals surface area contributed by atoms with Crippen LogP contribution < -0.4 is 10.6 Å². The molecule has 2 N–H and O–H groups in total. The molecule has 0 spiro atoms. The van der Waals surface area contributed by atoms with Gasteiger partial charge in [0.05, 0.1) is 12.6 Å². The molecule has 0 aromatic carbocycles. The maximum Gasteiger partial charge on any atom is 0.408 e. The minimum atomic E-state index is -0.612. The summed E-state index contributed by atoms with van der Waals surface area (Å²) < 4.78 is 10.2. The summed E-state index contributed by atoms with van der Waals surface area (Å²) in [5.74, 6) is -0.561. The highest BCUT2D eigenvalue weighted by atomic mass is 16.6. The van der Waals surface area contributed by atoms with Crippen LogP contribution in [-0.2, 0) is 19.1 Å². The van der Waals surface area contributed by atoms with E-state index in [9.17, 15) is 14.4 Å². The predicted molar refractivity (Wildman–Crippen MR) is 82.6 cm³/mol. The molecule has 2 saturated heterocycles. The molecule has 23 heavy (non-hydrogen) atoms. The Balaban J connectivity index is 2.06. The average molecular weight is 324 g/mol. The number of hydrogen-bond donors (Lipinski definition) is 2. The van der Waals surface area contributed by atoms with Crippen LogP contribution in [0.25, 0.3) is 0 Å². The van der Waals surface area contributed by atoms with Gasteiger partial charge in [0, 0.05) is 24.5 Å². The van der Waals surface area contributed by atoms with E-state index in [1.165, 1.54) is 0 Å². The number of esters is 1. The zero-order chi connectivity index (χ0) is 17.0. The van der Waals surface area contributed by atoms with Crippen LogP contribution >= 0.6 is 0 Å². The Bertz CT molecular complexity index is 521. The number of cyclic esters (lactones) is 1. The van der Waals surface area contributed by atoms with E-state index in [0.29, 0.717) is 31.6 Å². The lowest BCUT2D eigenvalue weighted by Crippen LogP contribution is -2.40. The van der Waals surface area contributed by atoms with Crippen molar-refractivity contribution in [3.8, 4) is 0 Å². The van der Waals surface area contributed by atoms with Crippen molar-refractivity contribution in [2.45, 2.75) is 51.7 Å². The Kier molecular flexibility index (Phi) is 5.28. The molecular weight excluding hydrogens is 300 g/mol. The highest BCUT2D eigenvalue weighted by Gasteiger charge is 2.29. The van der Waals surface area contributed by atoms with Gasteiger partial charge in [-0.25, -0.2) is 9.59 Å². The first-order valence-electron chi connectivity index (χ1n) is 7.89. The van der Waals surface area contributed by atoms with E-state index in [0.717, 1.165) is 6.42 Å². The van der Waals surface area contributed by atoms with Crippen molar-refractivity contribution in [2.75, 3.05) is 13.2 Å². The van der Waals surface area contributed by atoms with E-state index < -0.39 is 17.7 Å². The molecule has 7 nitrogen and oxygen atoms in total. The molecule has 2 atom stereocenters. The SMILES string of the molecule is CC(C)(C)OC(=O)NC(/C=C1\CCOC1=O)CC1CCNC1=O. The molecule has 2 aliphatic rings. The summed E-state index contributed by atoms with van der Waals surface area (Å²) in [6.07, 6.45) is 2.79. The second-order valence-electron chi connectivity index (χ2n) is 6.84. The third-order valence-electron chi connectivity index (χ3n) is 3.67. The monoisotopic (exact) mass is 324 g/mol. The minimum Gasteiger partial charge on any atom is -0.462 e. The van der Waals surface area contributed by atoms with Crippen LogP contribution in [0.5, 0.6) is 0 Å². The molecule has 0 radical (unpaired) electrons. The summed E-state index contributed by atoms with van der Waals surface area (Å²) >= 11 is 0. The molecule has 2 rings (SSSR count). The fourth-order valence-electron chi connectivity index (χ4n) is 2.65. The average Bonchev–Trinajstić information content (AvgIpc) is 2.97. The smallest absolute Gasteiger partial charge is 0.408 e. The standard InChI is InChI=1S/C16H24N2O5/c1-16(2,3)23-15(21)18-12(8-10-4-6-17-13(10)19)9-11-5-7-22-14(11)20/h9-10,12H,4-8H2,1-3H3,(H,17,19)(H,18,21)/b11-9+. The maximum absolute atomic E-state index is 12.0. The first-order valence-corrected chi connectivity index (χ1v) is 7.89. The number of ether oxygens (including phenoxy) is 2. The van der Waals surface area contributed by atoms with Gasteiger partial charge in [-0.2, -0.15) is 0 Å². The number of rotatable bonds is 4. The van der Waals surface area contributed by atoms with Gasteiger partial charge < -0.3 is 20.1 Å². The Hall–Kier alpha value is -2.05. The lowest BCUT2D eigenvalue weighted by molar-refractivity contribution is -0.135. The summed E-state index contributed by atoms with van der Waals surface area (Å²) in [5, 5.41) is 5.52. The Morgan fingerprint density at radius 2 is 2.22 bits per heavy atom. The van der Waals surface area contributed by atoms with Crippen molar-refractivity contribution in [1.82, 2.24) is 10.6 Å². The van der Waals surface area contributed by atoms with Crippen LogP contribution in [0.15, 0.2) is 11.6 Å². The van der Waals surface area contributed by atoms with E-state index >= 15 is 0 Å². The van der Waals surface area contributed by atoms with Crippen LogP contribution in [0.2, 0.25) is 0 Å². The van der Waals surface area contributed by atoms with Crippen molar-refractivity contribution in [1.29, 1.82) is 0 Å². The normalized spacial score (nSPS) is 24.3. The fourth-order valence-corrected chi connectivity index (χ4v) is 2.65.